The van der Waals surface area contributed by atoms with E-state index >= 15 is 0 Å². The first kappa shape index (κ1) is 24.4. The van der Waals surface area contributed by atoms with Gasteiger partial charge in [-0.1, -0.05) is 11.6 Å². The Morgan fingerprint density at radius 3 is 2.62 bits per heavy atom. The minimum Gasteiger partial charge on any atom is -0.462 e. The fourth-order valence-corrected chi connectivity index (χ4v) is 5.42. The highest BCUT2D eigenvalue weighted by molar-refractivity contribution is 7.89. The molecule has 3 aromatic rings. The molecule has 0 spiro atoms. The van der Waals surface area contributed by atoms with Crippen LogP contribution >= 0.6 is 11.6 Å². The summed E-state index contributed by atoms with van der Waals surface area (Å²) in [5, 5.41) is 5.22. The summed E-state index contributed by atoms with van der Waals surface area (Å²) in [7, 11) is -3.67. The van der Waals surface area contributed by atoms with Crippen molar-refractivity contribution >= 4 is 44.2 Å². The molecule has 180 valence electrons. The van der Waals surface area contributed by atoms with Gasteiger partial charge in [0, 0.05) is 34.9 Å². The van der Waals surface area contributed by atoms with Crippen LogP contribution in [0.2, 0.25) is 5.02 Å². The molecular weight excluding hydrogens is 474 g/mol. The highest BCUT2D eigenvalue weighted by atomic mass is 35.5. The minimum atomic E-state index is -3.67. The maximum absolute atomic E-state index is 12.6. The van der Waals surface area contributed by atoms with Gasteiger partial charge in [-0.15, -0.1) is 0 Å². The van der Waals surface area contributed by atoms with Gasteiger partial charge in [0.1, 0.15) is 0 Å². The van der Waals surface area contributed by atoms with Crippen molar-refractivity contribution < 1.29 is 17.9 Å². The first-order chi connectivity index (χ1) is 16.4. The van der Waals surface area contributed by atoms with Gasteiger partial charge in [0.2, 0.25) is 10.0 Å². The number of hydrogen-bond acceptors (Lipinski definition) is 6. The maximum Gasteiger partial charge on any atom is 0.338 e. The maximum atomic E-state index is 12.6. The summed E-state index contributed by atoms with van der Waals surface area (Å²) < 4.78 is 32.8. The molecule has 1 heterocycles. The Morgan fingerprint density at radius 1 is 1.09 bits per heavy atom. The van der Waals surface area contributed by atoms with E-state index in [1.807, 2.05) is 18.2 Å². The number of nitrogens with zero attached hydrogens (tertiary/aromatic N) is 1. The molecule has 0 saturated heterocycles. The van der Waals surface area contributed by atoms with Crippen molar-refractivity contribution in [2.45, 2.75) is 43.9 Å². The molecule has 0 radical (unpaired) electrons. The van der Waals surface area contributed by atoms with Crippen molar-refractivity contribution in [3.8, 4) is 0 Å². The van der Waals surface area contributed by atoms with E-state index in [2.05, 4.69) is 10.0 Å². The molecule has 1 aromatic heterocycles. The van der Waals surface area contributed by atoms with Gasteiger partial charge in [0.05, 0.1) is 22.6 Å². The molecule has 4 rings (SSSR count). The smallest absolute Gasteiger partial charge is 0.338 e. The lowest BCUT2D eigenvalue weighted by Gasteiger charge is -2.22. The van der Waals surface area contributed by atoms with Crippen LogP contribution in [0.15, 0.2) is 47.4 Å². The number of halogens is 1. The zero-order valence-electron chi connectivity index (χ0n) is 19.1. The van der Waals surface area contributed by atoms with Crippen LogP contribution in [0, 0.1) is 0 Å². The Labute approximate surface area is 204 Å². The van der Waals surface area contributed by atoms with E-state index in [9.17, 15) is 13.2 Å². The highest BCUT2D eigenvalue weighted by Crippen LogP contribution is 2.34. The summed E-state index contributed by atoms with van der Waals surface area (Å²) >= 11 is 6.18. The molecule has 2 aromatic carbocycles. The summed E-state index contributed by atoms with van der Waals surface area (Å²) in [6, 6.07) is 11.5. The molecule has 1 aliphatic rings. The molecule has 0 amide bonds. The zero-order valence-corrected chi connectivity index (χ0v) is 20.6. The Morgan fingerprint density at radius 2 is 1.85 bits per heavy atom. The van der Waals surface area contributed by atoms with Gasteiger partial charge in [-0.05, 0) is 87.1 Å². The van der Waals surface area contributed by atoms with Crippen LogP contribution < -0.4 is 10.0 Å². The molecule has 34 heavy (non-hydrogen) atoms. The second-order valence-corrected chi connectivity index (χ2v) is 10.4. The van der Waals surface area contributed by atoms with Crippen LogP contribution in [0.1, 0.15) is 47.8 Å². The summed E-state index contributed by atoms with van der Waals surface area (Å²) in [5.74, 6) is -0.474. The third kappa shape index (κ3) is 5.51. The van der Waals surface area contributed by atoms with E-state index in [-0.39, 0.29) is 18.0 Å². The number of benzene rings is 2. The number of carbonyl (C=O) groups is 1. The van der Waals surface area contributed by atoms with Crippen LogP contribution in [-0.4, -0.2) is 39.1 Å². The number of aryl methyl sites for hydroxylation is 1. The van der Waals surface area contributed by atoms with Gasteiger partial charge < -0.3 is 10.1 Å². The van der Waals surface area contributed by atoms with E-state index < -0.39 is 16.0 Å². The van der Waals surface area contributed by atoms with E-state index in [1.165, 1.54) is 29.8 Å². The average Bonchev–Trinajstić information content (AvgIpc) is 2.83. The van der Waals surface area contributed by atoms with Crippen molar-refractivity contribution in [2.75, 3.05) is 25.0 Å². The average molecular weight is 502 g/mol. The van der Waals surface area contributed by atoms with E-state index in [0.29, 0.717) is 23.6 Å². The van der Waals surface area contributed by atoms with Crippen molar-refractivity contribution in [3.63, 3.8) is 0 Å². The third-order valence-electron chi connectivity index (χ3n) is 5.85. The lowest BCUT2D eigenvalue weighted by atomic mass is 9.92. The van der Waals surface area contributed by atoms with Crippen LogP contribution in [0.3, 0.4) is 0 Å². The molecule has 1 aliphatic carbocycles. The van der Waals surface area contributed by atoms with Gasteiger partial charge in [0.15, 0.2) is 0 Å². The zero-order chi connectivity index (χ0) is 24.1. The molecule has 0 unspecified atom stereocenters. The SMILES string of the molecule is CCOC(=O)c1ccc(S(=O)(=O)NCCCNc2c3c(nc4cc(Cl)ccc24)CCCC3)cc1. The molecule has 9 heteroatoms. The summed E-state index contributed by atoms with van der Waals surface area (Å²) in [6.07, 6.45) is 4.82. The standard InChI is InChI=1S/C25H28ClN3O4S/c1-2-33-25(30)17-8-11-19(12-9-17)34(31,32)28-15-5-14-27-24-20-6-3-4-7-22(20)29-23-16-18(26)10-13-21(23)24/h8-13,16,28H,2-7,14-15H2,1H3,(H,27,29). The monoisotopic (exact) mass is 501 g/mol. The molecule has 7 nitrogen and oxygen atoms in total. The largest absolute Gasteiger partial charge is 0.462 e. The number of pyridine rings is 1. The first-order valence-corrected chi connectivity index (χ1v) is 13.4. The number of ether oxygens (including phenoxy) is 1. The molecule has 0 aliphatic heterocycles. The quantitative estimate of drug-likeness (QED) is 0.325. The molecule has 0 fully saturated rings. The second-order valence-electron chi connectivity index (χ2n) is 8.20. The van der Waals surface area contributed by atoms with Crippen LogP contribution in [0.5, 0.6) is 0 Å². The number of fused-ring (bicyclic) bond motifs is 2. The number of sulfonamides is 1. The number of aromatic nitrogens is 1. The van der Waals surface area contributed by atoms with Crippen molar-refractivity contribution in [2.24, 2.45) is 0 Å². The minimum absolute atomic E-state index is 0.111. The number of esters is 1. The first-order valence-electron chi connectivity index (χ1n) is 11.5. The number of carbonyl (C=O) groups excluding carboxylic acids is 1. The fourth-order valence-electron chi connectivity index (χ4n) is 4.18. The third-order valence-corrected chi connectivity index (χ3v) is 7.56. The highest BCUT2D eigenvalue weighted by Gasteiger charge is 2.19. The Hall–Kier alpha value is -2.68. The Bertz CT molecular complexity index is 1290. The van der Waals surface area contributed by atoms with Crippen molar-refractivity contribution in [3.05, 3.63) is 64.3 Å². The summed E-state index contributed by atoms with van der Waals surface area (Å²) in [4.78, 5) is 16.7. The number of anilines is 1. The van der Waals surface area contributed by atoms with Gasteiger partial charge in [-0.2, -0.15) is 0 Å². The van der Waals surface area contributed by atoms with E-state index in [0.717, 1.165) is 48.0 Å². The van der Waals surface area contributed by atoms with E-state index in [1.54, 1.807) is 6.92 Å². The number of hydrogen-bond donors (Lipinski definition) is 2. The fraction of sp³-hybridized carbons (Fsp3) is 0.360. The molecular formula is C25H28ClN3O4S. The lowest BCUT2D eigenvalue weighted by Crippen LogP contribution is -2.26. The molecule has 0 bridgehead atoms. The van der Waals surface area contributed by atoms with Crippen LogP contribution in [0.4, 0.5) is 5.69 Å². The number of nitrogens with one attached hydrogen (secondary N) is 2. The molecule has 2 N–H and O–H groups in total. The second kappa shape index (κ2) is 10.7. The van der Waals surface area contributed by atoms with Crippen molar-refractivity contribution in [1.82, 2.24) is 9.71 Å². The number of rotatable bonds is 9. The summed E-state index contributed by atoms with van der Waals surface area (Å²) in [5.41, 5.74) is 4.65. The predicted molar refractivity (Wildman–Crippen MR) is 134 cm³/mol. The van der Waals surface area contributed by atoms with Gasteiger partial charge in [-0.25, -0.2) is 17.9 Å². The van der Waals surface area contributed by atoms with E-state index in [4.69, 9.17) is 21.3 Å². The molecule has 0 saturated carbocycles. The Balaban J connectivity index is 1.38. The van der Waals surface area contributed by atoms with Crippen LogP contribution in [-0.2, 0) is 27.6 Å². The van der Waals surface area contributed by atoms with Crippen LogP contribution in [0.25, 0.3) is 10.9 Å². The molecule has 0 atom stereocenters. The topological polar surface area (TPSA) is 97.4 Å². The Kier molecular flexibility index (Phi) is 7.70. The van der Waals surface area contributed by atoms with Gasteiger partial charge in [0.25, 0.3) is 0 Å². The van der Waals surface area contributed by atoms with Gasteiger partial charge >= 0.3 is 5.97 Å². The summed E-state index contributed by atoms with van der Waals surface area (Å²) in [6.45, 7) is 2.88. The predicted octanol–water partition coefficient (Wildman–Crippen LogP) is 4.72. The normalized spacial score (nSPS) is 13.5. The lowest BCUT2D eigenvalue weighted by molar-refractivity contribution is 0.0526. The van der Waals surface area contributed by atoms with Crippen molar-refractivity contribution in [1.29, 1.82) is 0 Å². The van der Waals surface area contributed by atoms with Gasteiger partial charge in [-0.3, -0.25) is 4.98 Å².